The number of hydrogen-bond donors (Lipinski definition) is 2. The molecule has 49 heteroatoms. The van der Waals surface area contributed by atoms with Gasteiger partial charge in [-0.05, 0) is 174 Å². The number of nitrogen functional groups attached to an aromatic ring is 1. The molecule has 0 bridgehead atoms. The fraction of sp³-hybridized carbons (Fsp3) is 0.156. The second-order valence-corrected chi connectivity index (χ2v) is 35.3. The Balaban J connectivity index is 0.000000172. The zero-order valence-electron chi connectivity index (χ0n) is 70.7. The minimum absolute atomic E-state index is 0. The van der Waals surface area contributed by atoms with Crippen LogP contribution in [0.1, 0.15) is 152 Å². The number of aromatic nitrogens is 10. The third-order valence-corrected chi connectivity index (χ3v) is 20.2. The molecular formula is C90H63BrCl4F10ILiN11O20P. The molecule has 5 aromatic carbocycles. The number of carbonyl (C=O) groups excluding carboxylic acids is 6. The van der Waals surface area contributed by atoms with Gasteiger partial charge in [0.15, 0.2) is 35.1 Å². The molecule has 3 N–H and O–H groups in total. The summed E-state index contributed by atoms with van der Waals surface area (Å²) in [6.07, 6.45) is 2.74. The van der Waals surface area contributed by atoms with Crippen molar-refractivity contribution < 1.29 is 175 Å². The minimum atomic E-state index is -3.22. The number of anilines is 1. The van der Waals surface area contributed by atoms with Gasteiger partial charge in [0.05, 0.1) is 57.8 Å². The number of rotatable bonds is 19. The van der Waals surface area contributed by atoms with Gasteiger partial charge in [-0.1, -0.05) is 53.7 Å². The van der Waals surface area contributed by atoms with Gasteiger partial charge in [-0.3, -0.25) is 9.36 Å². The maximum absolute atomic E-state index is 14.0. The molecule has 0 fully saturated rings. The van der Waals surface area contributed by atoms with Crippen molar-refractivity contribution in [1.82, 2.24) is 49.8 Å². The summed E-state index contributed by atoms with van der Waals surface area (Å²) in [5.74, 6) is -8.96. The minimum Gasteiger partial charge on any atom is -1.00 e. The number of hydrogen-bond acceptors (Lipinski definition) is 30. The van der Waals surface area contributed by atoms with Gasteiger partial charge in [0.25, 0.3) is 0 Å². The number of nitrogens with one attached hydrogen (secondary N) is 1. The van der Waals surface area contributed by atoms with Crippen LogP contribution in [0.3, 0.4) is 0 Å². The average Bonchev–Trinajstić information content (AvgIpc) is 1.62. The molecule has 4 aliphatic heterocycles. The maximum atomic E-state index is 14.0. The molecule has 4 atom stereocenters. The number of aldehydes is 1. The summed E-state index contributed by atoms with van der Waals surface area (Å²) in [6, 6.07) is 34.0. The van der Waals surface area contributed by atoms with E-state index >= 15 is 0 Å². The molecule has 14 heterocycles. The first-order chi connectivity index (χ1) is 65.2. The van der Waals surface area contributed by atoms with E-state index in [1.165, 1.54) is 88.0 Å². The topological polar surface area (TPSA) is 425 Å². The molecule has 4 aliphatic rings. The molecular weight excluding hydrogens is 2130 g/mol. The third-order valence-electron chi connectivity index (χ3n) is 19.4. The predicted octanol–water partition coefficient (Wildman–Crippen LogP) is 15.5. The summed E-state index contributed by atoms with van der Waals surface area (Å²) in [4.78, 5) is 123. The number of fused-ring (bicyclic) bond motifs is 4. The molecule has 4 unspecified atom stereocenters. The van der Waals surface area contributed by atoms with E-state index in [9.17, 15) is 82.0 Å². The number of alkyl halides is 1. The summed E-state index contributed by atoms with van der Waals surface area (Å²) in [5.41, 5.74) is 5.89. The molecule has 10 aromatic heterocycles. The largest absolute Gasteiger partial charge is 1.00 e. The number of cyclic esters (lactones) is 4. The number of ether oxygens (including phenoxy) is 7. The van der Waals surface area contributed by atoms with Crippen LogP contribution in [0.2, 0.25) is 5.28 Å². The number of benzene rings is 5. The Hall–Kier alpha value is -13.4. The Kier molecular flexibility index (Phi) is 37.4. The second-order valence-electron chi connectivity index (χ2n) is 27.8. The van der Waals surface area contributed by atoms with E-state index in [0.717, 1.165) is 48.5 Å². The average molecular weight is 2200 g/mol. The molecule has 0 spiro atoms. The number of halogens is 16. The number of aromatic amines is 1. The molecule has 31 nitrogen and oxygen atoms in total. The first kappa shape index (κ1) is 108. The summed E-state index contributed by atoms with van der Waals surface area (Å²) in [7, 11) is 2.73. The van der Waals surface area contributed by atoms with E-state index in [0.29, 0.717) is 29.3 Å². The molecule has 15 aromatic rings. The van der Waals surface area contributed by atoms with E-state index in [-0.39, 0.29) is 229 Å². The number of nitrogens with zero attached hydrogens (tertiary/aromatic N) is 9. The Morgan fingerprint density at radius 2 is 0.741 bits per heavy atom. The van der Waals surface area contributed by atoms with E-state index < -0.39 is 123 Å². The van der Waals surface area contributed by atoms with Crippen molar-refractivity contribution in [3.05, 3.63) is 341 Å². The van der Waals surface area contributed by atoms with Crippen LogP contribution in [0.15, 0.2) is 210 Å². The monoisotopic (exact) mass is 2190 g/mol. The van der Waals surface area contributed by atoms with Crippen LogP contribution in [0.4, 0.5) is 49.9 Å². The number of methoxy groups -OCH3 is 2. The molecule has 19 rings (SSSR count). The Morgan fingerprint density at radius 3 is 1.08 bits per heavy atom. The van der Waals surface area contributed by atoms with Crippen molar-refractivity contribution in [2.45, 2.75) is 69.8 Å². The molecule has 0 radical (unpaired) electrons. The zero-order chi connectivity index (χ0) is 97.5. The summed E-state index contributed by atoms with van der Waals surface area (Å²) >= 11 is 22.8. The number of esters is 5. The Morgan fingerprint density at radius 1 is 0.439 bits per heavy atom. The van der Waals surface area contributed by atoms with Gasteiger partial charge >= 0.3 is 71.6 Å². The van der Waals surface area contributed by atoms with Crippen LogP contribution in [0.25, 0.3) is 57.3 Å². The van der Waals surface area contributed by atoms with Gasteiger partial charge in [0.2, 0.25) is 11.2 Å². The molecule has 0 saturated carbocycles. The molecule has 0 aliphatic carbocycles. The normalized spacial score (nSPS) is 14.1. The zero-order valence-corrected chi connectivity index (χ0v) is 78.4. The van der Waals surface area contributed by atoms with E-state index in [1.54, 1.807) is 67.6 Å². The molecule has 139 heavy (non-hydrogen) atoms. The number of H-pyrrole nitrogens is 1. The van der Waals surface area contributed by atoms with Crippen LogP contribution in [-0.2, 0) is 59.3 Å². The fourth-order valence-corrected chi connectivity index (χ4v) is 14.3. The Labute approximate surface area is 834 Å². The van der Waals surface area contributed by atoms with Crippen LogP contribution < -0.4 is 63.7 Å². The number of furan rings is 5. The molecule has 0 saturated heterocycles. The van der Waals surface area contributed by atoms with Crippen LogP contribution in [0, 0.1) is 58.2 Å². The SMILES string of the molecule is C.CCOC(=O)c1c(C=O)nc(OC)nc1-c1ccco1.COc1nc(-c2ccco2)c2c(n1)C(Cc1c(F)cccc1F)OC2=O.Fc1cccc(F)c1CBr.Nc1nc(-c2ccco2)c2c(n1)C(Cc1c(F)cccc1F)OC2=O.O=C1OC(Cc2c(F)cccc2F)c2[nH]c(=O)nc(-c3ccco3)c21.O=C1OC(Cc2c(F)cccc2F)c2nc(Cl)nc(-c3ccco3)c21.O=P(Cl)(Cl)Cl.[I-].[Li+]. The second kappa shape index (κ2) is 48.3. The van der Waals surface area contributed by atoms with E-state index in [1.807, 2.05) is 0 Å². The van der Waals surface area contributed by atoms with Gasteiger partial charge in [0, 0.05) is 58.8 Å². The third kappa shape index (κ3) is 25.6. The smallest absolute Gasteiger partial charge is 1.00 e. The summed E-state index contributed by atoms with van der Waals surface area (Å²) in [6.45, 7) is 1.83. The van der Waals surface area contributed by atoms with Crippen LogP contribution in [0.5, 0.6) is 12.0 Å². The first-order valence-corrected chi connectivity index (χ1v) is 45.0. The van der Waals surface area contributed by atoms with Crippen molar-refractivity contribution in [1.29, 1.82) is 0 Å². The number of nitrogens with two attached hydrogens (primary N) is 1. The maximum Gasteiger partial charge on any atom is 1.00 e. The van der Waals surface area contributed by atoms with Crippen LogP contribution >= 0.6 is 66.5 Å². The summed E-state index contributed by atoms with van der Waals surface area (Å²) in [5, 5.41) is -3.13. The summed E-state index contributed by atoms with van der Waals surface area (Å²) < 4.78 is 208. The fourth-order valence-electron chi connectivity index (χ4n) is 13.6. The first-order valence-electron chi connectivity index (χ1n) is 39.0. The van der Waals surface area contributed by atoms with Crippen molar-refractivity contribution in [3.63, 3.8) is 0 Å². The molecule has 716 valence electrons. The van der Waals surface area contributed by atoms with Gasteiger partial charge in [-0.15, -0.1) is 0 Å². The van der Waals surface area contributed by atoms with E-state index in [2.05, 4.69) is 99.5 Å². The van der Waals surface area contributed by atoms with Gasteiger partial charge in [-0.25, -0.2) is 92.6 Å². The van der Waals surface area contributed by atoms with Crippen molar-refractivity contribution in [3.8, 4) is 69.3 Å². The predicted molar refractivity (Wildman–Crippen MR) is 469 cm³/mol. The van der Waals surface area contributed by atoms with Crippen LogP contribution in [-0.4, -0.2) is 107 Å². The van der Waals surface area contributed by atoms with Crippen molar-refractivity contribution in [2.75, 3.05) is 26.6 Å². The number of carbonyl (C=O) groups is 6. The van der Waals surface area contributed by atoms with Gasteiger partial charge in [0.1, 0.15) is 162 Å². The van der Waals surface area contributed by atoms with Gasteiger partial charge < -0.3 is 89.9 Å². The molecule has 0 amide bonds. The van der Waals surface area contributed by atoms with Gasteiger partial charge in [-0.2, -0.15) is 24.9 Å². The van der Waals surface area contributed by atoms with Crippen molar-refractivity contribution in [2.24, 2.45) is 0 Å². The quantitative estimate of drug-likeness (QED) is 0.00873. The standard InChI is InChI=1S/C18H12F2N2O4.C17H9ClF2N2O3.C17H11F2N3O3.C17H10F2N2O4.C13H12N2O5.C7H5BrF2.CH4.Cl3OP.HI.Li/c1-24-18-21-15(12-6-3-7-25-12)14-16(22-18)13(26-17(14)23)8-9-10(19)4-2-5-11(9)20;18-17-21-14(11-5-2-6-24-11)13-15(22-17)12(25-16(13)23)7-8-9(19)3-1-4-10(8)20;18-9-3-1-4-10(19)8(9)7-12-15-13(16(23)25-12)14(21-17(20)22-15)11-5-2-6-24-11;18-9-3-1-4-10(19)8(9)7-12-15-13(16(22)25-12)14(20-17(23)21-15)11-5-2-6-24-11;1-3-19-12(17)10-8(7-16)14-13(18-2)15-11(10)9-5-4-6-20-9;8-4-5-6(9)2-1-3-7(5)10;;1-5(2,3)4;;/h2-7,13H,8H2,1H3;1-6,12H,7H2;1-6,12H,7H2,(H2,20,21,22);1-6,12H,7H2,(H,20,21,23);4-7H,3H2,1-2H3;1-3H,4H2;1H4;;1H;/q;;;;;;;;;+1/p-1. The van der Waals surface area contributed by atoms with E-state index in [4.69, 9.17) is 72.6 Å². The Bertz CT molecular complexity index is 6830. The van der Waals surface area contributed by atoms with Crippen molar-refractivity contribution >= 4 is 109 Å².